The molecule has 0 aliphatic rings. The van der Waals surface area contributed by atoms with Crippen LogP contribution in [0.4, 0.5) is 0 Å². The van der Waals surface area contributed by atoms with Gasteiger partial charge in [0.25, 0.3) is 0 Å². The molecule has 0 atom stereocenters. The number of rotatable bonds is 2. The molecule has 3 heteroatoms. The summed E-state index contributed by atoms with van der Waals surface area (Å²) in [5, 5.41) is 18.6. The molecule has 0 heterocycles. The van der Waals surface area contributed by atoms with E-state index in [1.54, 1.807) is 24.3 Å². The predicted octanol–water partition coefficient (Wildman–Crippen LogP) is 0.321. The van der Waals surface area contributed by atoms with Gasteiger partial charge in [-0.2, -0.15) is 5.26 Å². The van der Waals surface area contributed by atoms with E-state index >= 15 is 0 Å². The number of aliphatic carboxylic acids is 1. The maximum Gasteiger partial charge on any atom is 0.0991 e. The first-order valence-corrected chi connectivity index (χ1v) is 3.61. The van der Waals surface area contributed by atoms with Gasteiger partial charge in [0.15, 0.2) is 0 Å². The zero-order chi connectivity index (χ0) is 9.68. The first kappa shape index (κ1) is 9.01. The lowest BCUT2D eigenvalue weighted by atomic mass is 10.1. The van der Waals surface area contributed by atoms with Gasteiger partial charge < -0.3 is 9.90 Å². The molecule has 1 aromatic carbocycles. The minimum atomic E-state index is -1.25. The molecule has 0 radical (unpaired) electrons. The second kappa shape index (κ2) is 4.07. The molecule has 0 saturated heterocycles. The van der Waals surface area contributed by atoms with Gasteiger partial charge in [-0.15, -0.1) is 0 Å². The monoisotopic (exact) mass is 172 g/mol. The standard InChI is InChI=1S/C10H7NO2/c11-7-9-3-1-2-8(6-9)4-5-10(12)13/h1-6H,(H,12,13)/p-1/b5-4+. The molecule has 3 nitrogen and oxygen atoms in total. The predicted molar refractivity (Wildman–Crippen MR) is 45.2 cm³/mol. The third kappa shape index (κ3) is 2.80. The number of nitrogens with zero attached hydrogens (tertiary/aromatic N) is 1. The lowest BCUT2D eigenvalue weighted by Gasteiger charge is -1.94. The lowest BCUT2D eigenvalue weighted by molar-refractivity contribution is -0.297. The van der Waals surface area contributed by atoms with E-state index in [0.29, 0.717) is 11.1 Å². The Bertz CT molecular complexity index is 388. The molecule has 0 fully saturated rings. The van der Waals surface area contributed by atoms with Gasteiger partial charge in [-0.25, -0.2) is 0 Å². The molecule has 0 aliphatic heterocycles. The average molecular weight is 172 g/mol. The average Bonchev–Trinajstić information content (AvgIpc) is 2.15. The Kier molecular flexibility index (Phi) is 2.82. The zero-order valence-electron chi connectivity index (χ0n) is 6.73. The van der Waals surface area contributed by atoms with Crippen molar-refractivity contribution in [3.05, 3.63) is 41.5 Å². The van der Waals surface area contributed by atoms with Crippen molar-refractivity contribution in [1.82, 2.24) is 0 Å². The molecular formula is C10H6NO2-. The summed E-state index contributed by atoms with van der Waals surface area (Å²) in [6.07, 6.45) is 2.31. The topological polar surface area (TPSA) is 63.9 Å². The van der Waals surface area contributed by atoms with Gasteiger partial charge in [-0.1, -0.05) is 18.2 Å². The Balaban J connectivity index is 2.91. The van der Waals surface area contributed by atoms with Crippen LogP contribution in [0.15, 0.2) is 30.3 Å². The molecule has 0 saturated carbocycles. The van der Waals surface area contributed by atoms with Gasteiger partial charge in [0, 0.05) is 0 Å². The highest BCUT2D eigenvalue weighted by Gasteiger charge is 1.89. The lowest BCUT2D eigenvalue weighted by Crippen LogP contribution is -2.18. The third-order valence-corrected chi connectivity index (χ3v) is 1.43. The van der Waals surface area contributed by atoms with E-state index in [2.05, 4.69) is 0 Å². The molecule has 0 spiro atoms. The molecule has 1 rings (SSSR count). The fourth-order valence-corrected chi connectivity index (χ4v) is 0.876. The van der Waals surface area contributed by atoms with Gasteiger partial charge in [-0.3, -0.25) is 0 Å². The number of hydrogen-bond donors (Lipinski definition) is 0. The molecule has 64 valence electrons. The van der Waals surface area contributed by atoms with Gasteiger partial charge in [0.2, 0.25) is 0 Å². The van der Waals surface area contributed by atoms with Crippen molar-refractivity contribution >= 4 is 12.0 Å². The highest BCUT2D eigenvalue weighted by atomic mass is 16.4. The van der Waals surface area contributed by atoms with Crippen LogP contribution in [0.2, 0.25) is 0 Å². The minimum Gasteiger partial charge on any atom is -0.545 e. The summed E-state index contributed by atoms with van der Waals surface area (Å²) in [5.41, 5.74) is 1.17. The van der Waals surface area contributed by atoms with E-state index in [0.717, 1.165) is 6.08 Å². The van der Waals surface area contributed by atoms with E-state index in [-0.39, 0.29) is 0 Å². The van der Waals surface area contributed by atoms with Gasteiger partial charge in [0.05, 0.1) is 17.6 Å². The van der Waals surface area contributed by atoms with E-state index in [1.165, 1.54) is 6.08 Å². The molecule has 0 amide bonds. The number of carbonyl (C=O) groups excluding carboxylic acids is 1. The van der Waals surface area contributed by atoms with Crippen LogP contribution in [0.1, 0.15) is 11.1 Å². The molecule has 13 heavy (non-hydrogen) atoms. The Morgan fingerprint density at radius 3 is 2.92 bits per heavy atom. The van der Waals surface area contributed by atoms with E-state index in [9.17, 15) is 9.90 Å². The summed E-state index contributed by atoms with van der Waals surface area (Å²) in [5.74, 6) is -1.25. The van der Waals surface area contributed by atoms with Crippen molar-refractivity contribution in [3.8, 4) is 6.07 Å². The van der Waals surface area contributed by atoms with Crippen molar-refractivity contribution in [2.24, 2.45) is 0 Å². The molecule has 0 aromatic heterocycles. The van der Waals surface area contributed by atoms with Crippen LogP contribution in [-0.2, 0) is 4.79 Å². The van der Waals surface area contributed by atoms with E-state index in [1.807, 2.05) is 6.07 Å². The number of carbonyl (C=O) groups is 1. The fraction of sp³-hybridized carbons (Fsp3) is 0. The summed E-state index contributed by atoms with van der Waals surface area (Å²) < 4.78 is 0. The van der Waals surface area contributed by atoms with Gasteiger partial charge >= 0.3 is 0 Å². The van der Waals surface area contributed by atoms with Crippen LogP contribution in [0.5, 0.6) is 0 Å². The summed E-state index contributed by atoms with van der Waals surface area (Å²) in [7, 11) is 0. The first-order valence-electron chi connectivity index (χ1n) is 3.61. The highest BCUT2D eigenvalue weighted by molar-refractivity contribution is 5.83. The second-order valence-electron chi connectivity index (χ2n) is 2.39. The van der Waals surface area contributed by atoms with Crippen molar-refractivity contribution in [1.29, 1.82) is 5.26 Å². The normalized spacial score (nSPS) is 9.77. The largest absolute Gasteiger partial charge is 0.545 e. The zero-order valence-corrected chi connectivity index (χ0v) is 6.73. The van der Waals surface area contributed by atoms with Gasteiger partial charge in [0.1, 0.15) is 0 Å². The quantitative estimate of drug-likeness (QED) is 0.603. The van der Waals surface area contributed by atoms with E-state index in [4.69, 9.17) is 5.26 Å². The smallest absolute Gasteiger partial charge is 0.0991 e. The maximum absolute atomic E-state index is 10.1. The number of carboxylic acid groups (broad SMARTS) is 1. The Labute approximate surface area is 75.5 Å². The number of nitriles is 1. The highest BCUT2D eigenvalue weighted by Crippen LogP contribution is 2.05. The van der Waals surface area contributed by atoms with Crippen molar-refractivity contribution < 1.29 is 9.90 Å². The first-order chi connectivity index (χ1) is 6.22. The third-order valence-electron chi connectivity index (χ3n) is 1.43. The summed E-state index contributed by atoms with van der Waals surface area (Å²) in [6.45, 7) is 0. The SMILES string of the molecule is N#Cc1cccc(/C=C/C(=O)[O-])c1. The Morgan fingerprint density at radius 1 is 1.54 bits per heavy atom. The van der Waals surface area contributed by atoms with Crippen LogP contribution in [0, 0.1) is 11.3 Å². The molecular weight excluding hydrogens is 166 g/mol. The van der Waals surface area contributed by atoms with Crippen LogP contribution >= 0.6 is 0 Å². The molecule has 0 bridgehead atoms. The number of carboxylic acids is 1. The maximum atomic E-state index is 10.1. The minimum absolute atomic E-state index is 0.500. The second-order valence-corrected chi connectivity index (χ2v) is 2.39. The Morgan fingerprint density at radius 2 is 2.31 bits per heavy atom. The summed E-state index contributed by atoms with van der Waals surface area (Å²) in [4.78, 5) is 10.1. The molecule has 1 aromatic rings. The fourth-order valence-electron chi connectivity index (χ4n) is 0.876. The van der Waals surface area contributed by atoms with E-state index < -0.39 is 5.97 Å². The van der Waals surface area contributed by atoms with Crippen LogP contribution in [-0.4, -0.2) is 5.97 Å². The van der Waals surface area contributed by atoms with Crippen molar-refractivity contribution in [3.63, 3.8) is 0 Å². The number of benzene rings is 1. The summed E-state index contributed by atoms with van der Waals surface area (Å²) >= 11 is 0. The van der Waals surface area contributed by atoms with Crippen molar-refractivity contribution in [2.75, 3.05) is 0 Å². The molecule has 0 unspecified atom stereocenters. The molecule has 0 aliphatic carbocycles. The summed E-state index contributed by atoms with van der Waals surface area (Å²) in [6, 6.07) is 8.60. The molecule has 0 N–H and O–H groups in total. The van der Waals surface area contributed by atoms with Crippen molar-refractivity contribution in [2.45, 2.75) is 0 Å². The van der Waals surface area contributed by atoms with Gasteiger partial charge in [-0.05, 0) is 23.8 Å². The Hall–Kier alpha value is -2.08. The van der Waals surface area contributed by atoms with Crippen LogP contribution in [0.3, 0.4) is 0 Å². The van der Waals surface area contributed by atoms with Crippen LogP contribution < -0.4 is 5.11 Å². The number of hydrogen-bond acceptors (Lipinski definition) is 3. The van der Waals surface area contributed by atoms with Crippen LogP contribution in [0.25, 0.3) is 6.08 Å².